The van der Waals surface area contributed by atoms with Crippen LogP contribution in [0.4, 0.5) is 11.4 Å². The van der Waals surface area contributed by atoms with Crippen molar-refractivity contribution in [2.45, 2.75) is 0 Å². The topological polar surface area (TPSA) is 118 Å². The largest absolute Gasteiger partial charge is 0.493 e. The van der Waals surface area contributed by atoms with Gasteiger partial charge in [-0.1, -0.05) is 24.3 Å². The smallest absolute Gasteiger partial charge is 0.315 e. The Kier molecular flexibility index (Phi) is 9.31. The number of ether oxygens (including phenoxy) is 5. The second-order valence-corrected chi connectivity index (χ2v) is 7.77. The maximum Gasteiger partial charge on any atom is 0.315 e. The van der Waals surface area contributed by atoms with Crippen molar-refractivity contribution >= 4 is 35.5 Å². The quantitative estimate of drug-likeness (QED) is 0.153. The first kappa shape index (κ1) is 27.6. The first-order valence-corrected chi connectivity index (χ1v) is 11.3. The number of benzene rings is 3. The van der Waals surface area contributed by atoms with Gasteiger partial charge >= 0.3 is 5.69 Å². The van der Waals surface area contributed by atoms with Crippen molar-refractivity contribution in [1.29, 1.82) is 0 Å². The molecule has 0 bridgehead atoms. The van der Waals surface area contributed by atoms with Gasteiger partial charge in [-0.2, -0.15) is 0 Å². The van der Waals surface area contributed by atoms with E-state index in [1.54, 1.807) is 33.5 Å². The maximum atomic E-state index is 12.5. The molecule has 38 heavy (non-hydrogen) atoms. The highest BCUT2D eigenvalue weighted by atomic mass is 16.6. The number of nitro benzene ring substituents is 1. The minimum atomic E-state index is -0.574. The number of hydrogen-bond acceptors (Lipinski definition) is 8. The summed E-state index contributed by atoms with van der Waals surface area (Å²) in [6, 6.07) is 13.8. The van der Waals surface area contributed by atoms with E-state index in [0.717, 1.165) is 11.1 Å². The number of hydrogen-bond donors (Lipinski definition) is 1. The van der Waals surface area contributed by atoms with Gasteiger partial charge in [0.25, 0.3) is 0 Å². The molecule has 0 atom stereocenters. The second kappa shape index (κ2) is 12.8. The minimum absolute atomic E-state index is 0.00972. The van der Waals surface area contributed by atoms with Gasteiger partial charge in [0, 0.05) is 17.8 Å². The standard InChI is InChI=1S/C28H28N2O8/c1-34-23-15-19(14-22(30(32)33)27(23)37-4)11-12-26(31)29-21-8-6-7-18(13-21)9-10-20-16-24(35-2)28(38-5)25(17-20)36-3/h6-17H,1-5H3,(H,29,31)/b10-9?,12-11+. The van der Waals surface area contributed by atoms with Crippen LogP contribution in [0.2, 0.25) is 0 Å². The number of nitrogens with zero attached hydrogens (tertiary/aromatic N) is 1. The van der Waals surface area contributed by atoms with Gasteiger partial charge in [0.2, 0.25) is 17.4 Å². The normalized spacial score (nSPS) is 10.9. The highest BCUT2D eigenvalue weighted by Gasteiger charge is 2.21. The van der Waals surface area contributed by atoms with E-state index in [1.807, 2.05) is 42.5 Å². The summed E-state index contributed by atoms with van der Waals surface area (Å²) in [4.78, 5) is 23.3. The van der Waals surface area contributed by atoms with Crippen LogP contribution in [-0.2, 0) is 4.79 Å². The van der Waals surface area contributed by atoms with Crippen molar-refractivity contribution in [3.05, 3.63) is 81.4 Å². The molecule has 0 heterocycles. The van der Waals surface area contributed by atoms with E-state index in [9.17, 15) is 14.9 Å². The molecule has 0 aromatic heterocycles. The van der Waals surface area contributed by atoms with E-state index in [1.165, 1.54) is 32.4 Å². The molecule has 0 aliphatic rings. The molecule has 10 nitrogen and oxygen atoms in total. The van der Waals surface area contributed by atoms with Gasteiger partial charge in [0.05, 0.1) is 40.5 Å². The van der Waals surface area contributed by atoms with Gasteiger partial charge in [0.15, 0.2) is 17.2 Å². The third-order valence-corrected chi connectivity index (χ3v) is 5.41. The van der Waals surface area contributed by atoms with Crippen LogP contribution < -0.4 is 29.0 Å². The summed E-state index contributed by atoms with van der Waals surface area (Å²) < 4.78 is 26.4. The van der Waals surface area contributed by atoms with Crippen molar-refractivity contribution < 1.29 is 33.4 Å². The third-order valence-electron chi connectivity index (χ3n) is 5.41. The molecule has 0 radical (unpaired) electrons. The van der Waals surface area contributed by atoms with Crippen LogP contribution in [0.5, 0.6) is 28.7 Å². The molecule has 3 rings (SSSR count). The molecule has 0 aliphatic carbocycles. The Hall–Kier alpha value is -4.99. The number of carbonyl (C=O) groups is 1. The summed E-state index contributed by atoms with van der Waals surface area (Å²) >= 11 is 0. The lowest BCUT2D eigenvalue weighted by Crippen LogP contribution is -2.07. The highest BCUT2D eigenvalue weighted by Crippen LogP contribution is 2.39. The summed E-state index contributed by atoms with van der Waals surface area (Å²) in [5, 5.41) is 14.2. The molecule has 3 aromatic rings. The number of nitrogens with one attached hydrogen (secondary N) is 1. The molecule has 0 spiro atoms. The van der Waals surface area contributed by atoms with Crippen molar-refractivity contribution in [2.24, 2.45) is 0 Å². The average Bonchev–Trinajstić information content (AvgIpc) is 2.93. The summed E-state index contributed by atoms with van der Waals surface area (Å²) in [5.41, 5.74) is 2.40. The number of carbonyl (C=O) groups excluding carboxylic acids is 1. The molecule has 0 unspecified atom stereocenters. The first-order valence-electron chi connectivity index (χ1n) is 11.3. The molecule has 10 heteroatoms. The number of rotatable bonds is 11. The Morgan fingerprint density at radius 2 is 1.29 bits per heavy atom. The zero-order valence-corrected chi connectivity index (χ0v) is 21.6. The molecular weight excluding hydrogens is 492 g/mol. The first-order chi connectivity index (χ1) is 18.3. The molecule has 3 aromatic carbocycles. The zero-order valence-electron chi connectivity index (χ0n) is 21.6. The van der Waals surface area contributed by atoms with E-state index in [4.69, 9.17) is 23.7 Å². The number of anilines is 1. The summed E-state index contributed by atoms with van der Waals surface area (Å²) in [6.45, 7) is 0. The van der Waals surface area contributed by atoms with E-state index < -0.39 is 10.8 Å². The van der Waals surface area contributed by atoms with Gasteiger partial charge in [-0.05, 0) is 53.1 Å². The summed E-state index contributed by atoms with van der Waals surface area (Å²) in [6.07, 6.45) is 6.51. The molecule has 0 aliphatic heterocycles. The van der Waals surface area contributed by atoms with Crippen LogP contribution in [0.15, 0.2) is 54.6 Å². The summed E-state index contributed by atoms with van der Waals surface area (Å²) in [5.74, 6) is 1.38. The number of methoxy groups -OCH3 is 5. The van der Waals surface area contributed by atoms with Gasteiger partial charge in [-0.25, -0.2) is 0 Å². The van der Waals surface area contributed by atoms with E-state index in [2.05, 4.69) is 5.32 Å². The Morgan fingerprint density at radius 3 is 1.84 bits per heavy atom. The van der Waals surface area contributed by atoms with Crippen LogP contribution in [0.1, 0.15) is 16.7 Å². The Morgan fingerprint density at radius 1 is 0.737 bits per heavy atom. The Labute approximate surface area is 220 Å². The van der Waals surface area contributed by atoms with Crippen molar-refractivity contribution in [3.63, 3.8) is 0 Å². The molecule has 1 N–H and O–H groups in total. The van der Waals surface area contributed by atoms with Gasteiger partial charge in [-0.3, -0.25) is 14.9 Å². The molecule has 0 fully saturated rings. The molecule has 0 saturated heterocycles. The molecular formula is C28H28N2O8. The minimum Gasteiger partial charge on any atom is -0.493 e. The monoisotopic (exact) mass is 520 g/mol. The van der Waals surface area contributed by atoms with Crippen LogP contribution in [0.25, 0.3) is 18.2 Å². The fourth-order valence-corrected chi connectivity index (χ4v) is 3.66. The van der Waals surface area contributed by atoms with Gasteiger partial charge in [0.1, 0.15) is 0 Å². The average molecular weight is 521 g/mol. The summed E-state index contributed by atoms with van der Waals surface area (Å²) in [7, 11) is 7.35. The van der Waals surface area contributed by atoms with E-state index >= 15 is 0 Å². The lowest BCUT2D eigenvalue weighted by Gasteiger charge is -2.12. The van der Waals surface area contributed by atoms with Crippen molar-refractivity contribution in [3.8, 4) is 28.7 Å². The predicted molar refractivity (Wildman–Crippen MR) is 145 cm³/mol. The molecule has 1 amide bonds. The van der Waals surface area contributed by atoms with Crippen LogP contribution in [0.3, 0.4) is 0 Å². The second-order valence-electron chi connectivity index (χ2n) is 7.77. The Bertz CT molecular complexity index is 1360. The molecule has 198 valence electrons. The van der Waals surface area contributed by atoms with E-state index in [-0.39, 0.29) is 17.2 Å². The van der Waals surface area contributed by atoms with Gasteiger partial charge in [-0.15, -0.1) is 0 Å². The number of nitro groups is 1. The highest BCUT2D eigenvalue weighted by molar-refractivity contribution is 6.02. The zero-order chi connectivity index (χ0) is 27.7. The third kappa shape index (κ3) is 6.61. The lowest BCUT2D eigenvalue weighted by atomic mass is 10.1. The number of amides is 1. The van der Waals surface area contributed by atoms with Gasteiger partial charge < -0.3 is 29.0 Å². The Balaban J connectivity index is 1.76. The SMILES string of the molecule is COc1cc(C=Cc2cccc(NC(=O)/C=C/c3cc(OC)c(OC)c([N+](=O)[O-])c3)c2)cc(OC)c1OC. The maximum absolute atomic E-state index is 12.5. The van der Waals surface area contributed by atoms with Crippen LogP contribution in [0, 0.1) is 10.1 Å². The molecule has 0 saturated carbocycles. The lowest BCUT2D eigenvalue weighted by molar-refractivity contribution is -0.385. The van der Waals surface area contributed by atoms with Crippen molar-refractivity contribution in [1.82, 2.24) is 0 Å². The fraction of sp³-hybridized carbons (Fsp3) is 0.179. The fourth-order valence-electron chi connectivity index (χ4n) is 3.66. The predicted octanol–water partition coefficient (Wildman–Crippen LogP) is 5.46. The van der Waals surface area contributed by atoms with Crippen molar-refractivity contribution in [2.75, 3.05) is 40.9 Å². The van der Waals surface area contributed by atoms with Crippen LogP contribution >= 0.6 is 0 Å². The van der Waals surface area contributed by atoms with Crippen LogP contribution in [-0.4, -0.2) is 46.4 Å². The van der Waals surface area contributed by atoms with E-state index in [0.29, 0.717) is 28.5 Å².